The van der Waals surface area contributed by atoms with Crippen LogP contribution in [-0.4, -0.2) is 50.9 Å². The van der Waals surface area contributed by atoms with Crippen molar-refractivity contribution in [2.75, 3.05) is 24.5 Å². The van der Waals surface area contributed by atoms with Gasteiger partial charge in [0.2, 0.25) is 5.95 Å². The Balaban J connectivity index is 1.48. The number of nitrogens with zero attached hydrogens (tertiary/aromatic N) is 5. The maximum absolute atomic E-state index is 12.6. The fourth-order valence-electron chi connectivity index (χ4n) is 4.00. The third-order valence-corrected chi connectivity index (χ3v) is 5.28. The van der Waals surface area contributed by atoms with E-state index in [1.165, 1.54) is 0 Å². The zero-order valence-corrected chi connectivity index (χ0v) is 13.6. The molecular formula is C18H21N5O. The Bertz CT molecular complexity index is 698. The molecule has 0 saturated carbocycles. The summed E-state index contributed by atoms with van der Waals surface area (Å²) in [6.45, 7) is 2.55. The summed E-state index contributed by atoms with van der Waals surface area (Å²) in [5.41, 5.74) is 0.774. The summed E-state index contributed by atoms with van der Waals surface area (Å²) in [5.74, 6) is 0.903. The first kappa shape index (κ1) is 15.1. The molecule has 1 amide bonds. The topological polar surface area (TPSA) is 62.2 Å². The molecule has 0 aliphatic carbocycles. The van der Waals surface area contributed by atoms with Gasteiger partial charge < -0.3 is 9.80 Å². The molecule has 2 aromatic heterocycles. The second-order valence-electron chi connectivity index (χ2n) is 6.56. The van der Waals surface area contributed by atoms with E-state index >= 15 is 0 Å². The van der Waals surface area contributed by atoms with Gasteiger partial charge in [-0.15, -0.1) is 0 Å². The Morgan fingerprint density at radius 3 is 2.50 bits per heavy atom. The van der Waals surface area contributed by atoms with Crippen LogP contribution >= 0.6 is 0 Å². The predicted octanol–water partition coefficient (Wildman–Crippen LogP) is 2.15. The number of pyridine rings is 1. The van der Waals surface area contributed by atoms with Gasteiger partial charge in [-0.2, -0.15) is 0 Å². The van der Waals surface area contributed by atoms with Crippen molar-refractivity contribution in [3.63, 3.8) is 0 Å². The summed E-state index contributed by atoms with van der Waals surface area (Å²) in [7, 11) is 0. The number of rotatable bonds is 2. The lowest BCUT2D eigenvalue weighted by atomic mass is 9.85. The predicted molar refractivity (Wildman–Crippen MR) is 90.7 cm³/mol. The quantitative estimate of drug-likeness (QED) is 0.847. The molecule has 0 aromatic carbocycles. The highest BCUT2D eigenvalue weighted by Crippen LogP contribution is 2.40. The van der Waals surface area contributed by atoms with E-state index in [9.17, 15) is 4.79 Å². The number of piperidine rings is 1. The molecule has 4 heterocycles. The Hall–Kier alpha value is -2.50. The smallest absolute Gasteiger partial charge is 0.255 e. The van der Waals surface area contributed by atoms with Gasteiger partial charge in [0.25, 0.3) is 5.91 Å². The van der Waals surface area contributed by atoms with Gasteiger partial charge in [-0.3, -0.25) is 9.78 Å². The van der Waals surface area contributed by atoms with Gasteiger partial charge in [-0.1, -0.05) is 0 Å². The summed E-state index contributed by atoms with van der Waals surface area (Å²) in [6.07, 6.45) is 11.2. The molecule has 2 aliphatic heterocycles. The standard InChI is InChI=1S/C18H21N5O/c24-16(15-4-1-8-19-14-15)22-12-6-18(7-13-22)5-2-11-23(18)17-20-9-3-10-21-17/h1,3-4,8-10,14H,2,5-7,11-13H2. The lowest BCUT2D eigenvalue weighted by molar-refractivity contribution is 0.0671. The maximum atomic E-state index is 12.6. The number of carbonyl (C=O) groups excluding carboxylic acids is 1. The van der Waals surface area contributed by atoms with Crippen molar-refractivity contribution >= 4 is 11.9 Å². The van der Waals surface area contributed by atoms with Crippen LogP contribution in [0.25, 0.3) is 0 Å². The van der Waals surface area contributed by atoms with E-state index in [2.05, 4.69) is 19.9 Å². The number of anilines is 1. The lowest BCUT2D eigenvalue weighted by Crippen LogP contribution is -2.53. The number of amides is 1. The van der Waals surface area contributed by atoms with Crippen molar-refractivity contribution in [1.82, 2.24) is 19.9 Å². The third kappa shape index (κ3) is 2.62. The Kier molecular flexibility index (Phi) is 3.88. The zero-order valence-electron chi connectivity index (χ0n) is 13.6. The van der Waals surface area contributed by atoms with Crippen LogP contribution in [0.3, 0.4) is 0 Å². The fraction of sp³-hybridized carbons (Fsp3) is 0.444. The Labute approximate surface area is 141 Å². The average molecular weight is 323 g/mol. The van der Waals surface area contributed by atoms with E-state index in [1.54, 1.807) is 24.8 Å². The van der Waals surface area contributed by atoms with Gasteiger partial charge in [-0.25, -0.2) is 9.97 Å². The van der Waals surface area contributed by atoms with Gasteiger partial charge in [0.1, 0.15) is 0 Å². The summed E-state index contributed by atoms with van der Waals surface area (Å²) in [5, 5.41) is 0. The van der Waals surface area contributed by atoms with Crippen molar-refractivity contribution in [2.45, 2.75) is 31.2 Å². The minimum Gasteiger partial charge on any atom is -0.338 e. The van der Waals surface area contributed by atoms with Crippen LogP contribution in [0.4, 0.5) is 5.95 Å². The minimum absolute atomic E-state index is 0.0819. The number of carbonyl (C=O) groups is 1. The van der Waals surface area contributed by atoms with Crippen molar-refractivity contribution in [2.24, 2.45) is 0 Å². The molecule has 0 bridgehead atoms. The first-order valence-electron chi connectivity index (χ1n) is 8.52. The van der Waals surface area contributed by atoms with Crippen molar-refractivity contribution in [3.05, 3.63) is 48.5 Å². The molecule has 0 radical (unpaired) electrons. The van der Waals surface area contributed by atoms with Gasteiger partial charge in [0.15, 0.2) is 0 Å². The molecule has 0 N–H and O–H groups in total. The van der Waals surface area contributed by atoms with Crippen molar-refractivity contribution < 1.29 is 4.79 Å². The highest BCUT2D eigenvalue weighted by molar-refractivity contribution is 5.93. The van der Waals surface area contributed by atoms with Crippen LogP contribution in [0.15, 0.2) is 43.0 Å². The van der Waals surface area contributed by atoms with Gasteiger partial charge >= 0.3 is 0 Å². The normalized spacial score (nSPS) is 19.7. The molecule has 1 spiro atoms. The Morgan fingerprint density at radius 1 is 1.00 bits per heavy atom. The van der Waals surface area contributed by atoms with E-state index in [4.69, 9.17) is 0 Å². The first-order chi connectivity index (χ1) is 11.8. The van der Waals surface area contributed by atoms with Crippen molar-refractivity contribution in [3.8, 4) is 0 Å². The third-order valence-electron chi connectivity index (χ3n) is 5.28. The second kappa shape index (κ2) is 6.19. The van der Waals surface area contributed by atoms with E-state index in [0.717, 1.165) is 51.3 Å². The monoisotopic (exact) mass is 323 g/mol. The van der Waals surface area contributed by atoms with Gasteiger partial charge in [0, 0.05) is 50.0 Å². The molecule has 24 heavy (non-hydrogen) atoms. The number of likely N-dealkylation sites (tertiary alicyclic amines) is 1. The lowest BCUT2D eigenvalue weighted by Gasteiger charge is -2.45. The summed E-state index contributed by atoms with van der Waals surface area (Å²) < 4.78 is 0. The van der Waals surface area contributed by atoms with Crippen LogP contribution in [-0.2, 0) is 0 Å². The molecule has 2 fully saturated rings. The summed E-state index contributed by atoms with van der Waals surface area (Å²) in [4.78, 5) is 29.8. The largest absolute Gasteiger partial charge is 0.338 e. The van der Waals surface area contributed by atoms with Crippen molar-refractivity contribution in [1.29, 1.82) is 0 Å². The average Bonchev–Trinajstić information content (AvgIpc) is 3.06. The highest BCUT2D eigenvalue weighted by atomic mass is 16.2. The zero-order chi connectivity index (χ0) is 16.4. The first-order valence-corrected chi connectivity index (χ1v) is 8.52. The van der Waals surface area contributed by atoms with Crippen LogP contribution in [0.2, 0.25) is 0 Å². The molecular weight excluding hydrogens is 302 g/mol. The van der Waals surface area contributed by atoms with Gasteiger partial charge in [-0.05, 0) is 43.9 Å². The molecule has 6 heteroatoms. The Morgan fingerprint density at radius 2 is 1.79 bits per heavy atom. The van der Waals surface area contributed by atoms with Crippen LogP contribution in [0, 0.1) is 0 Å². The number of aromatic nitrogens is 3. The van der Waals surface area contributed by atoms with Crippen LogP contribution < -0.4 is 4.90 Å². The fourth-order valence-corrected chi connectivity index (χ4v) is 4.00. The van der Waals surface area contributed by atoms with E-state index in [1.807, 2.05) is 23.1 Å². The van der Waals surface area contributed by atoms with E-state index in [-0.39, 0.29) is 11.4 Å². The maximum Gasteiger partial charge on any atom is 0.255 e. The molecule has 2 aliphatic rings. The van der Waals surface area contributed by atoms with Gasteiger partial charge in [0.05, 0.1) is 5.56 Å². The molecule has 124 valence electrons. The molecule has 2 aromatic rings. The molecule has 0 atom stereocenters. The molecule has 2 saturated heterocycles. The number of hydrogen-bond donors (Lipinski definition) is 0. The molecule has 6 nitrogen and oxygen atoms in total. The SMILES string of the molecule is O=C(c1cccnc1)N1CCC2(CCCN2c2ncccn2)CC1. The molecule has 0 unspecified atom stereocenters. The van der Waals surface area contributed by atoms with Crippen LogP contribution in [0.1, 0.15) is 36.0 Å². The van der Waals surface area contributed by atoms with Crippen LogP contribution in [0.5, 0.6) is 0 Å². The van der Waals surface area contributed by atoms with E-state index < -0.39 is 0 Å². The minimum atomic E-state index is 0.0819. The summed E-state index contributed by atoms with van der Waals surface area (Å²) in [6, 6.07) is 5.49. The van der Waals surface area contributed by atoms with E-state index in [0.29, 0.717) is 5.56 Å². The summed E-state index contributed by atoms with van der Waals surface area (Å²) >= 11 is 0. The second-order valence-corrected chi connectivity index (χ2v) is 6.56. The highest BCUT2D eigenvalue weighted by Gasteiger charge is 2.44. The number of hydrogen-bond acceptors (Lipinski definition) is 5. The molecule has 4 rings (SSSR count).